The predicted octanol–water partition coefficient (Wildman–Crippen LogP) is 3.38. The van der Waals surface area contributed by atoms with Crippen molar-refractivity contribution >= 4 is 50.8 Å². The number of anilines is 1. The molecule has 10 nitrogen and oxygen atoms in total. The first-order valence-corrected chi connectivity index (χ1v) is 12.9. The van der Waals surface area contributed by atoms with E-state index < -0.39 is 27.9 Å². The number of carboxylic acids is 1. The highest BCUT2D eigenvalue weighted by Gasteiger charge is 2.22. The van der Waals surface area contributed by atoms with E-state index in [1.165, 1.54) is 24.4 Å². The lowest BCUT2D eigenvalue weighted by molar-refractivity contribution is -0.118. The zero-order chi connectivity index (χ0) is 25.6. The van der Waals surface area contributed by atoms with Crippen LogP contribution < -0.4 is 15.4 Å². The summed E-state index contributed by atoms with van der Waals surface area (Å²) in [5, 5.41) is 15.8. The Bertz CT molecular complexity index is 1330. The van der Waals surface area contributed by atoms with E-state index in [-0.39, 0.29) is 36.7 Å². The number of halogens is 2. The maximum atomic E-state index is 12.9. The Morgan fingerprint density at radius 3 is 2.63 bits per heavy atom. The third kappa shape index (κ3) is 7.77. The van der Waals surface area contributed by atoms with Gasteiger partial charge in [-0.2, -0.15) is 0 Å². The fourth-order valence-corrected chi connectivity index (χ4v) is 4.00. The minimum absolute atomic E-state index is 0.0235. The molecule has 1 amide bonds. The number of hydrogen-bond acceptors (Lipinski definition) is 7. The first-order chi connectivity index (χ1) is 16.5. The van der Waals surface area contributed by atoms with Crippen molar-refractivity contribution in [3.8, 4) is 11.3 Å². The van der Waals surface area contributed by atoms with Crippen LogP contribution in [0.2, 0.25) is 10.0 Å². The number of oxazole rings is 1. The Kier molecular flexibility index (Phi) is 8.87. The van der Waals surface area contributed by atoms with E-state index >= 15 is 0 Å². The van der Waals surface area contributed by atoms with E-state index in [9.17, 15) is 23.1 Å². The number of rotatable bonds is 11. The van der Waals surface area contributed by atoms with Crippen molar-refractivity contribution in [3.63, 3.8) is 0 Å². The number of aromatic nitrogens is 1. The van der Waals surface area contributed by atoms with Gasteiger partial charge < -0.3 is 14.8 Å². The molecule has 0 aliphatic heterocycles. The number of benzene rings is 2. The summed E-state index contributed by atoms with van der Waals surface area (Å²) < 4.78 is 30.9. The third-order valence-corrected chi connectivity index (χ3v) is 6.07. The van der Waals surface area contributed by atoms with Crippen molar-refractivity contribution < 1.29 is 27.5 Å². The van der Waals surface area contributed by atoms with Crippen LogP contribution in [-0.2, 0) is 21.4 Å². The van der Waals surface area contributed by atoms with E-state index in [2.05, 4.69) is 20.3 Å². The first kappa shape index (κ1) is 26.6. The van der Waals surface area contributed by atoms with Gasteiger partial charge in [-0.15, -0.1) is 0 Å². The number of carboxylic acid groups (broad SMARTS) is 1. The van der Waals surface area contributed by atoms with Crippen LogP contribution in [0.25, 0.3) is 11.3 Å². The third-order valence-electron chi connectivity index (χ3n) is 4.78. The molecule has 0 bridgehead atoms. The topological polar surface area (TPSA) is 151 Å². The van der Waals surface area contributed by atoms with Crippen LogP contribution in [-0.4, -0.2) is 49.2 Å². The lowest BCUT2D eigenvalue weighted by Gasteiger charge is -2.18. The normalized spacial score (nSPS) is 12.3. The Hall–Kier alpha value is -2.96. The van der Waals surface area contributed by atoms with Gasteiger partial charge in [0.15, 0.2) is 5.76 Å². The molecule has 1 aromatic heterocycles. The van der Waals surface area contributed by atoms with Crippen molar-refractivity contribution in [2.24, 2.45) is 0 Å². The quantitative estimate of drug-likeness (QED) is 0.289. The second kappa shape index (κ2) is 11.6. The van der Waals surface area contributed by atoms with Crippen molar-refractivity contribution in [3.05, 3.63) is 70.2 Å². The van der Waals surface area contributed by atoms with Crippen LogP contribution in [0.1, 0.15) is 22.7 Å². The number of carbonyl (C=O) groups is 2. The summed E-state index contributed by atoms with van der Waals surface area (Å²) in [4.78, 5) is 28.6. The summed E-state index contributed by atoms with van der Waals surface area (Å²) in [6, 6.07) is 9.95. The summed E-state index contributed by atoms with van der Waals surface area (Å²) >= 11 is 12.2. The van der Waals surface area contributed by atoms with E-state index in [0.29, 0.717) is 21.4 Å². The van der Waals surface area contributed by atoms with Gasteiger partial charge in [0.05, 0.1) is 41.3 Å². The molecule has 0 saturated heterocycles. The van der Waals surface area contributed by atoms with Crippen molar-refractivity contribution in [2.45, 2.75) is 19.0 Å². The SMILES string of the molecule is CS(=O)(=O)NCCC(NCc1ncc(-c2cc(Cl)ccc2Cl)o1)C(=O)Nc1ccccc1C(=O)O. The van der Waals surface area contributed by atoms with Crippen molar-refractivity contribution in [1.29, 1.82) is 0 Å². The molecule has 1 heterocycles. The number of para-hydroxylation sites is 1. The molecule has 1 unspecified atom stereocenters. The summed E-state index contributed by atoms with van der Waals surface area (Å²) in [6.07, 6.45) is 2.55. The molecule has 13 heteroatoms. The second-order valence-electron chi connectivity index (χ2n) is 7.47. The van der Waals surface area contributed by atoms with E-state index in [0.717, 1.165) is 6.26 Å². The lowest BCUT2D eigenvalue weighted by atomic mass is 10.1. The summed E-state index contributed by atoms with van der Waals surface area (Å²) in [7, 11) is -3.47. The number of nitrogens with zero attached hydrogens (tertiary/aromatic N) is 1. The molecular formula is C22H22Cl2N4O6S. The molecule has 186 valence electrons. The van der Waals surface area contributed by atoms with E-state index in [1.807, 2.05) is 0 Å². The summed E-state index contributed by atoms with van der Waals surface area (Å²) in [5.74, 6) is -1.13. The van der Waals surface area contributed by atoms with Crippen LogP contribution in [0.15, 0.2) is 53.1 Å². The first-order valence-electron chi connectivity index (χ1n) is 10.2. The largest absolute Gasteiger partial charge is 0.478 e. The van der Waals surface area contributed by atoms with Crippen LogP contribution in [0.3, 0.4) is 0 Å². The standard InChI is InChI=1S/C22H22Cl2N4O6S/c1-35(32,33)27-9-8-18(21(29)28-17-5-3-2-4-14(17)22(30)31)25-12-20-26-11-19(34-20)15-10-13(23)6-7-16(15)24/h2-7,10-11,18,25,27H,8-9,12H2,1H3,(H,28,29)(H,30,31). The molecule has 1 atom stereocenters. The van der Waals surface area contributed by atoms with Crippen LogP contribution >= 0.6 is 23.2 Å². The van der Waals surface area contributed by atoms with Crippen LogP contribution in [0.4, 0.5) is 5.69 Å². The van der Waals surface area contributed by atoms with Gasteiger partial charge in [-0.1, -0.05) is 35.3 Å². The van der Waals surface area contributed by atoms with Crippen molar-refractivity contribution in [1.82, 2.24) is 15.0 Å². The Morgan fingerprint density at radius 2 is 1.91 bits per heavy atom. The van der Waals surface area contributed by atoms with Gasteiger partial charge in [-0.25, -0.2) is 22.9 Å². The number of amides is 1. The molecule has 0 aliphatic rings. The Labute approximate surface area is 211 Å². The highest BCUT2D eigenvalue weighted by atomic mass is 35.5. The predicted molar refractivity (Wildman–Crippen MR) is 132 cm³/mol. The highest BCUT2D eigenvalue weighted by Crippen LogP contribution is 2.31. The van der Waals surface area contributed by atoms with Gasteiger partial charge in [-0.05, 0) is 36.8 Å². The minimum atomic E-state index is -3.47. The van der Waals surface area contributed by atoms with E-state index in [4.69, 9.17) is 27.6 Å². The van der Waals surface area contributed by atoms with Crippen LogP contribution in [0, 0.1) is 0 Å². The van der Waals surface area contributed by atoms with Crippen LogP contribution in [0.5, 0.6) is 0 Å². The van der Waals surface area contributed by atoms with Gasteiger partial charge in [0.25, 0.3) is 0 Å². The lowest BCUT2D eigenvalue weighted by Crippen LogP contribution is -2.42. The Balaban J connectivity index is 1.74. The highest BCUT2D eigenvalue weighted by molar-refractivity contribution is 7.88. The summed E-state index contributed by atoms with van der Waals surface area (Å²) in [5.41, 5.74) is 0.585. The molecule has 3 rings (SSSR count). The average molecular weight is 541 g/mol. The fraction of sp³-hybridized carbons (Fsp3) is 0.227. The zero-order valence-electron chi connectivity index (χ0n) is 18.4. The van der Waals surface area contributed by atoms with Gasteiger partial charge >= 0.3 is 5.97 Å². The zero-order valence-corrected chi connectivity index (χ0v) is 20.7. The molecule has 3 aromatic rings. The maximum absolute atomic E-state index is 12.9. The number of hydrogen-bond donors (Lipinski definition) is 4. The number of nitrogens with one attached hydrogen (secondary N) is 3. The average Bonchev–Trinajstić information content (AvgIpc) is 3.26. The molecule has 0 spiro atoms. The number of aromatic carboxylic acids is 1. The number of carbonyl (C=O) groups excluding carboxylic acids is 1. The van der Waals surface area contributed by atoms with Crippen molar-refractivity contribution in [2.75, 3.05) is 18.1 Å². The van der Waals surface area contributed by atoms with Gasteiger partial charge in [0, 0.05) is 17.1 Å². The monoisotopic (exact) mass is 540 g/mol. The Morgan fingerprint density at radius 1 is 1.17 bits per heavy atom. The molecule has 4 N–H and O–H groups in total. The fourth-order valence-electron chi connectivity index (χ4n) is 3.13. The second-order valence-corrected chi connectivity index (χ2v) is 10.1. The molecular weight excluding hydrogens is 519 g/mol. The molecule has 0 radical (unpaired) electrons. The smallest absolute Gasteiger partial charge is 0.337 e. The molecule has 0 fully saturated rings. The van der Waals surface area contributed by atoms with Gasteiger partial charge in [0.1, 0.15) is 0 Å². The molecule has 2 aromatic carbocycles. The van der Waals surface area contributed by atoms with Gasteiger partial charge in [0.2, 0.25) is 21.8 Å². The van der Waals surface area contributed by atoms with E-state index in [1.54, 1.807) is 24.3 Å². The summed E-state index contributed by atoms with van der Waals surface area (Å²) in [6.45, 7) is -0.00478. The minimum Gasteiger partial charge on any atom is -0.478 e. The number of sulfonamides is 1. The van der Waals surface area contributed by atoms with Gasteiger partial charge in [-0.3, -0.25) is 10.1 Å². The molecule has 0 saturated carbocycles. The maximum Gasteiger partial charge on any atom is 0.337 e. The molecule has 35 heavy (non-hydrogen) atoms. The molecule has 0 aliphatic carbocycles.